The molecule has 0 heterocycles. The second-order valence-electron chi connectivity index (χ2n) is 5.91. The van der Waals surface area contributed by atoms with E-state index in [0.717, 1.165) is 6.07 Å². The van der Waals surface area contributed by atoms with Crippen LogP contribution in [0, 0.1) is 5.41 Å². The van der Waals surface area contributed by atoms with Crippen molar-refractivity contribution in [2.75, 3.05) is 6.61 Å². The number of aliphatic hydroxyl groups excluding tert-OH is 1. The Hall–Kier alpha value is -1.62. The molecule has 0 aliphatic heterocycles. The van der Waals surface area contributed by atoms with Crippen molar-refractivity contribution in [3.63, 3.8) is 0 Å². The minimum atomic E-state index is -4.62. The Morgan fingerprint density at radius 1 is 1.24 bits per heavy atom. The summed E-state index contributed by atoms with van der Waals surface area (Å²) in [4.78, 5) is 12.2. The van der Waals surface area contributed by atoms with E-state index in [9.17, 15) is 18.0 Å². The zero-order valence-electron chi connectivity index (χ0n) is 12.3. The summed E-state index contributed by atoms with van der Waals surface area (Å²) in [7, 11) is 0. The van der Waals surface area contributed by atoms with Crippen LogP contribution in [0.25, 0.3) is 5.57 Å². The highest BCUT2D eigenvalue weighted by Crippen LogP contribution is 2.36. The summed E-state index contributed by atoms with van der Waals surface area (Å²) in [5.74, 6) is -0.561. The lowest BCUT2D eigenvalue weighted by Crippen LogP contribution is -2.24. The number of alkyl halides is 3. The Kier molecular flexibility index (Phi) is 4.99. The van der Waals surface area contributed by atoms with Crippen LogP contribution in [0.4, 0.5) is 13.2 Å². The number of carbonyl (C=O) groups excluding carboxylic acids is 1. The third-order valence-corrected chi connectivity index (χ3v) is 3.07. The maximum Gasteiger partial charge on any atom is 0.417 e. The van der Waals surface area contributed by atoms with Crippen LogP contribution in [0.1, 0.15) is 48.7 Å². The molecule has 1 aromatic rings. The van der Waals surface area contributed by atoms with Crippen LogP contribution in [-0.2, 0) is 6.18 Å². The second-order valence-corrected chi connectivity index (χ2v) is 5.91. The number of halogens is 3. The van der Waals surface area contributed by atoms with Crippen molar-refractivity contribution in [2.45, 2.75) is 33.4 Å². The Bertz CT molecular complexity index is 552. The zero-order valence-corrected chi connectivity index (χ0v) is 12.3. The third-order valence-electron chi connectivity index (χ3n) is 3.07. The van der Waals surface area contributed by atoms with Crippen molar-refractivity contribution >= 4 is 11.4 Å². The van der Waals surface area contributed by atoms with Gasteiger partial charge in [-0.1, -0.05) is 39.5 Å². The quantitative estimate of drug-likeness (QED) is 0.840. The van der Waals surface area contributed by atoms with E-state index in [0.29, 0.717) is 5.57 Å². The molecule has 0 aromatic heterocycles. The number of rotatable bonds is 4. The molecule has 0 unspecified atom stereocenters. The van der Waals surface area contributed by atoms with E-state index in [1.54, 1.807) is 20.8 Å². The summed E-state index contributed by atoms with van der Waals surface area (Å²) in [5.41, 5.74) is -1.52. The molecule has 0 radical (unpaired) electrons. The highest BCUT2D eigenvalue weighted by Gasteiger charge is 2.37. The van der Waals surface area contributed by atoms with Crippen LogP contribution in [0.3, 0.4) is 0 Å². The van der Waals surface area contributed by atoms with Crippen LogP contribution < -0.4 is 0 Å². The van der Waals surface area contributed by atoms with Gasteiger partial charge in [-0.2, -0.15) is 13.2 Å². The van der Waals surface area contributed by atoms with Crippen molar-refractivity contribution in [2.24, 2.45) is 5.41 Å². The SMILES string of the molecule is C=C(CCO)c1ccc(C(=O)C(C)(C)C)c(C(F)(F)F)c1. The summed E-state index contributed by atoms with van der Waals surface area (Å²) in [6.45, 7) is 8.19. The molecule has 0 saturated heterocycles. The lowest BCUT2D eigenvalue weighted by molar-refractivity contribution is -0.138. The van der Waals surface area contributed by atoms with Gasteiger partial charge in [0.1, 0.15) is 0 Å². The lowest BCUT2D eigenvalue weighted by Gasteiger charge is -2.21. The zero-order chi connectivity index (χ0) is 16.4. The predicted octanol–water partition coefficient (Wildman–Crippen LogP) is 4.33. The van der Waals surface area contributed by atoms with E-state index in [2.05, 4.69) is 6.58 Å². The topological polar surface area (TPSA) is 37.3 Å². The highest BCUT2D eigenvalue weighted by molar-refractivity contribution is 6.01. The number of aliphatic hydroxyl groups is 1. The van der Waals surface area contributed by atoms with Crippen LogP contribution in [0.5, 0.6) is 0 Å². The van der Waals surface area contributed by atoms with Gasteiger partial charge in [0.2, 0.25) is 0 Å². The maximum atomic E-state index is 13.2. The Balaban J connectivity index is 3.41. The lowest BCUT2D eigenvalue weighted by atomic mass is 9.83. The first-order valence-electron chi connectivity index (χ1n) is 6.53. The molecule has 0 saturated carbocycles. The van der Waals surface area contributed by atoms with Crippen molar-refractivity contribution in [3.8, 4) is 0 Å². The van der Waals surface area contributed by atoms with Crippen LogP contribution in [0.2, 0.25) is 0 Å². The molecule has 0 atom stereocenters. The van der Waals surface area contributed by atoms with Crippen LogP contribution in [-0.4, -0.2) is 17.5 Å². The van der Waals surface area contributed by atoms with Crippen molar-refractivity contribution < 1.29 is 23.1 Å². The van der Waals surface area contributed by atoms with E-state index < -0.39 is 22.9 Å². The molecule has 0 fully saturated rings. The van der Waals surface area contributed by atoms with Gasteiger partial charge < -0.3 is 5.11 Å². The molecular weight excluding hydrogens is 281 g/mol. The smallest absolute Gasteiger partial charge is 0.396 e. The first kappa shape index (κ1) is 17.4. The molecule has 0 aliphatic rings. The fourth-order valence-corrected chi connectivity index (χ4v) is 1.88. The fourth-order valence-electron chi connectivity index (χ4n) is 1.88. The molecular formula is C16H19F3O2. The molecule has 1 rings (SSSR count). The molecule has 116 valence electrons. The van der Waals surface area contributed by atoms with E-state index >= 15 is 0 Å². The molecule has 0 amide bonds. The van der Waals surface area contributed by atoms with Gasteiger partial charge in [0.15, 0.2) is 5.78 Å². The Morgan fingerprint density at radius 2 is 1.81 bits per heavy atom. The second kappa shape index (κ2) is 6.02. The number of carbonyl (C=O) groups is 1. The van der Waals surface area contributed by atoms with Crippen molar-refractivity contribution in [3.05, 3.63) is 41.5 Å². The first-order chi connectivity index (χ1) is 9.48. The summed E-state index contributed by atoms with van der Waals surface area (Å²) in [6, 6.07) is 3.55. The van der Waals surface area contributed by atoms with Crippen molar-refractivity contribution in [1.82, 2.24) is 0 Å². The molecule has 0 spiro atoms. The molecule has 21 heavy (non-hydrogen) atoms. The number of hydrogen-bond donors (Lipinski definition) is 1. The van der Waals surface area contributed by atoms with Gasteiger partial charge >= 0.3 is 6.18 Å². The average Bonchev–Trinajstić information content (AvgIpc) is 2.35. The molecule has 5 heteroatoms. The van der Waals surface area contributed by atoms with Crippen LogP contribution >= 0.6 is 0 Å². The minimum absolute atomic E-state index is 0.184. The monoisotopic (exact) mass is 300 g/mol. The maximum absolute atomic E-state index is 13.2. The molecule has 2 nitrogen and oxygen atoms in total. The molecule has 0 bridgehead atoms. The van der Waals surface area contributed by atoms with Gasteiger partial charge in [-0.05, 0) is 23.6 Å². The van der Waals surface area contributed by atoms with E-state index in [1.807, 2.05) is 0 Å². The highest BCUT2D eigenvalue weighted by atomic mass is 19.4. The average molecular weight is 300 g/mol. The van der Waals surface area contributed by atoms with E-state index in [1.165, 1.54) is 12.1 Å². The van der Waals surface area contributed by atoms with Gasteiger partial charge in [0, 0.05) is 17.6 Å². The Labute approximate surface area is 122 Å². The van der Waals surface area contributed by atoms with Gasteiger partial charge in [-0.25, -0.2) is 0 Å². The van der Waals surface area contributed by atoms with Gasteiger partial charge in [-0.15, -0.1) is 0 Å². The number of hydrogen-bond acceptors (Lipinski definition) is 2. The molecule has 0 aliphatic carbocycles. The minimum Gasteiger partial charge on any atom is -0.396 e. The largest absolute Gasteiger partial charge is 0.417 e. The number of Topliss-reactive ketones (excluding diaryl/α,β-unsaturated/α-hetero) is 1. The first-order valence-corrected chi connectivity index (χ1v) is 6.53. The fraction of sp³-hybridized carbons (Fsp3) is 0.438. The number of benzene rings is 1. The molecule has 1 aromatic carbocycles. The van der Waals surface area contributed by atoms with Crippen molar-refractivity contribution in [1.29, 1.82) is 0 Å². The van der Waals surface area contributed by atoms with E-state index in [-0.39, 0.29) is 24.2 Å². The van der Waals surface area contributed by atoms with Crippen LogP contribution in [0.15, 0.2) is 24.8 Å². The molecule has 1 N–H and O–H groups in total. The Morgan fingerprint density at radius 3 is 2.24 bits per heavy atom. The van der Waals surface area contributed by atoms with Gasteiger partial charge in [0.05, 0.1) is 5.56 Å². The normalized spacial score (nSPS) is 12.3. The number of ketones is 1. The summed E-state index contributed by atoms with van der Waals surface area (Å²) in [5, 5.41) is 8.84. The van der Waals surface area contributed by atoms with E-state index in [4.69, 9.17) is 5.11 Å². The predicted molar refractivity (Wildman–Crippen MR) is 76.0 cm³/mol. The van der Waals surface area contributed by atoms with Gasteiger partial charge in [0.25, 0.3) is 0 Å². The summed E-state index contributed by atoms with van der Waals surface area (Å²) >= 11 is 0. The third kappa shape index (κ3) is 4.17. The van der Waals surface area contributed by atoms with Gasteiger partial charge in [-0.3, -0.25) is 4.79 Å². The standard InChI is InChI=1S/C16H19F3O2/c1-10(7-8-20)11-5-6-12(14(21)15(2,3)4)13(9-11)16(17,18)19/h5-6,9,20H,1,7-8H2,2-4H3. The summed E-state index contributed by atoms with van der Waals surface area (Å²) < 4.78 is 39.6. The summed E-state index contributed by atoms with van der Waals surface area (Å²) in [6.07, 6.45) is -4.43.